The molecule has 0 fully saturated rings. The van der Waals surface area contributed by atoms with Gasteiger partial charge in [0, 0.05) is 13.1 Å². The molecular formula is C10H16N4O2S. The Kier molecular flexibility index (Phi) is 4.33. The quantitative estimate of drug-likeness (QED) is 0.618. The third-order valence-electron chi connectivity index (χ3n) is 2.07. The van der Waals surface area contributed by atoms with Crippen molar-refractivity contribution in [3.63, 3.8) is 0 Å². The molecule has 6 nitrogen and oxygen atoms in total. The van der Waals surface area contributed by atoms with Gasteiger partial charge >= 0.3 is 0 Å². The monoisotopic (exact) mass is 256 g/mol. The predicted molar refractivity (Wildman–Crippen MR) is 69.4 cm³/mol. The van der Waals surface area contributed by atoms with Crippen LogP contribution in [0.1, 0.15) is 33.9 Å². The van der Waals surface area contributed by atoms with Crippen molar-refractivity contribution in [2.45, 2.75) is 13.8 Å². The van der Waals surface area contributed by atoms with E-state index >= 15 is 0 Å². The van der Waals surface area contributed by atoms with Crippen molar-refractivity contribution in [1.29, 1.82) is 0 Å². The van der Waals surface area contributed by atoms with Crippen LogP contribution in [0.15, 0.2) is 0 Å². The Bertz CT molecular complexity index is 442. The molecule has 94 valence electrons. The highest BCUT2D eigenvalue weighted by atomic mass is 32.1. The summed E-state index contributed by atoms with van der Waals surface area (Å²) in [5, 5.41) is 6.15. The maximum absolute atomic E-state index is 11.7. The van der Waals surface area contributed by atoms with Crippen LogP contribution in [0.3, 0.4) is 0 Å². The van der Waals surface area contributed by atoms with E-state index in [1.807, 2.05) is 13.8 Å². The van der Waals surface area contributed by atoms with Crippen molar-refractivity contribution < 1.29 is 9.59 Å². The van der Waals surface area contributed by atoms with E-state index in [9.17, 15) is 9.59 Å². The van der Waals surface area contributed by atoms with Gasteiger partial charge in [-0.3, -0.25) is 9.59 Å². The van der Waals surface area contributed by atoms with Crippen molar-refractivity contribution >= 4 is 33.8 Å². The maximum Gasteiger partial charge on any atom is 0.263 e. The Morgan fingerprint density at radius 1 is 1.29 bits per heavy atom. The summed E-state index contributed by atoms with van der Waals surface area (Å²) in [6, 6.07) is 0. The molecule has 0 saturated heterocycles. The smallest absolute Gasteiger partial charge is 0.263 e. The van der Waals surface area contributed by atoms with Crippen molar-refractivity contribution in [2.24, 2.45) is 5.73 Å². The minimum atomic E-state index is -0.634. The van der Waals surface area contributed by atoms with Gasteiger partial charge in [-0.15, -0.1) is 11.3 Å². The molecule has 0 spiro atoms. The van der Waals surface area contributed by atoms with E-state index in [0.717, 1.165) is 11.3 Å². The second-order valence-electron chi connectivity index (χ2n) is 3.30. The lowest BCUT2D eigenvalue weighted by Gasteiger charge is -2.01. The molecule has 1 aromatic heterocycles. The molecule has 0 radical (unpaired) electrons. The van der Waals surface area contributed by atoms with E-state index in [0.29, 0.717) is 23.0 Å². The molecule has 0 unspecified atom stereocenters. The Hall–Kier alpha value is -1.76. The fraction of sp³-hybridized carbons (Fsp3) is 0.400. The van der Waals surface area contributed by atoms with Gasteiger partial charge in [-0.1, -0.05) is 0 Å². The average Bonchev–Trinajstić information content (AvgIpc) is 2.56. The van der Waals surface area contributed by atoms with Gasteiger partial charge in [0.15, 0.2) is 0 Å². The summed E-state index contributed by atoms with van der Waals surface area (Å²) in [5.74, 6) is -0.924. The third kappa shape index (κ3) is 2.68. The van der Waals surface area contributed by atoms with Crippen LogP contribution in [0, 0.1) is 0 Å². The lowest BCUT2D eigenvalue weighted by molar-refractivity contribution is 0.0960. The van der Waals surface area contributed by atoms with Crippen molar-refractivity contribution in [3.8, 4) is 0 Å². The Labute approximate surface area is 103 Å². The van der Waals surface area contributed by atoms with E-state index in [-0.39, 0.29) is 17.2 Å². The van der Waals surface area contributed by atoms with Crippen LogP contribution >= 0.6 is 11.3 Å². The van der Waals surface area contributed by atoms with E-state index in [1.54, 1.807) is 0 Å². The van der Waals surface area contributed by atoms with Crippen LogP contribution in [0.25, 0.3) is 0 Å². The number of nitrogen functional groups attached to an aromatic ring is 1. The number of thiophene rings is 1. The van der Waals surface area contributed by atoms with E-state index in [2.05, 4.69) is 10.6 Å². The summed E-state index contributed by atoms with van der Waals surface area (Å²) >= 11 is 1.14. The number of hydrogen-bond donors (Lipinski definition) is 4. The minimum absolute atomic E-state index is 0.143. The van der Waals surface area contributed by atoms with Gasteiger partial charge in [-0.05, 0) is 13.8 Å². The number of carbonyl (C=O) groups is 2. The molecule has 0 aliphatic rings. The first kappa shape index (κ1) is 13.3. The summed E-state index contributed by atoms with van der Waals surface area (Å²) < 4.78 is 0. The molecule has 1 aromatic rings. The van der Waals surface area contributed by atoms with Gasteiger partial charge in [0.2, 0.25) is 0 Å². The van der Waals surface area contributed by atoms with Gasteiger partial charge in [0.1, 0.15) is 9.88 Å². The van der Waals surface area contributed by atoms with E-state index in [1.165, 1.54) is 0 Å². The fourth-order valence-electron chi connectivity index (χ4n) is 1.38. The number of nitrogens with two attached hydrogens (primary N) is 2. The van der Waals surface area contributed by atoms with Gasteiger partial charge in [-0.25, -0.2) is 0 Å². The normalized spacial score (nSPS) is 10.0. The molecule has 1 heterocycles. The molecule has 2 amide bonds. The number of nitrogens with one attached hydrogen (secondary N) is 2. The second-order valence-corrected chi connectivity index (χ2v) is 4.32. The first-order valence-corrected chi connectivity index (χ1v) is 6.08. The SMILES string of the molecule is CCNC(=O)c1sc(NCC)c(C(N)=O)c1N. The lowest BCUT2D eigenvalue weighted by atomic mass is 10.2. The highest BCUT2D eigenvalue weighted by molar-refractivity contribution is 7.19. The zero-order chi connectivity index (χ0) is 13.0. The van der Waals surface area contributed by atoms with Crippen LogP contribution in [-0.4, -0.2) is 24.9 Å². The molecule has 0 bridgehead atoms. The summed E-state index contributed by atoms with van der Waals surface area (Å²) in [7, 11) is 0. The second kappa shape index (κ2) is 5.53. The van der Waals surface area contributed by atoms with Crippen LogP contribution in [0.4, 0.5) is 10.7 Å². The molecule has 7 heteroatoms. The van der Waals surface area contributed by atoms with Crippen molar-refractivity contribution in [3.05, 3.63) is 10.4 Å². The van der Waals surface area contributed by atoms with Crippen LogP contribution in [0.5, 0.6) is 0 Å². The molecule has 0 aliphatic heterocycles. The molecule has 0 atom stereocenters. The maximum atomic E-state index is 11.7. The zero-order valence-corrected chi connectivity index (χ0v) is 10.6. The highest BCUT2D eigenvalue weighted by Crippen LogP contribution is 2.35. The zero-order valence-electron chi connectivity index (χ0n) is 9.79. The van der Waals surface area contributed by atoms with Crippen LogP contribution in [0.2, 0.25) is 0 Å². The minimum Gasteiger partial charge on any atom is -0.397 e. The lowest BCUT2D eigenvalue weighted by Crippen LogP contribution is -2.23. The summed E-state index contributed by atoms with van der Waals surface area (Å²) in [5.41, 5.74) is 11.4. The van der Waals surface area contributed by atoms with Crippen molar-refractivity contribution in [1.82, 2.24) is 5.32 Å². The largest absolute Gasteiger partial charge is 0.397 e. The molecule has 6 N–H and O–H groups in total. The van der Waals surface area contributed by atoms with Crippen molar-refractivity contribution in [2.75, 3.05) is 24.1 Å². The number of anilines is 2. The number of amides is 2. The number of primary amides is 1. The Balaban J connectivity index is 3.21. The molecular weight excluding hydrogens is 240 g/mol. The van der Waals surface area contributed by atoms with E-state index < -0.39 is 5.91 Å². The topological polar surface area (TPSA) is 110 Å². The average molecular weight is 256 g/mol. The first-order chi connectivity index (χ1) is 8.02. The molecule has 17 heavy (non-hydrogen) atoms. The fourth-order valence-corrected chi connectivity index (χ4v) is 2.49. The Morgan fingerprint density at radius 2 is 1.94 bits per heavy atom. The summed E-state index contributed by atoms with van der Waals surface area (Å²) in [6.07, 6.45) is 0. The van der Waals surface area contributed by atoms with Gasteiger partial charge < -0.3 is 22.1 Å². The third-order valence-corrected chi connectivity index (χ3v) is 3.23. The number of carbonyl (C=O) groups excluding carboxylic acids is 2. The molecule has 0 aliphatic carbocycles. The van der Waals surface area contributed by atoms with E-state index in [4.69, 9.17) is 11.5 Å². The molecule has 0 saturated carbocycles. The Morgan fingerprint density at radius 3 is 2.41 bits per heavy atom. The standard InChI is InChI=1S/C10H16N4O2S/c1-3-13-9(16)7-6(11)5(8(12)15)10(17-7)14-4-2/h14H,3-4,11H2,1-2H3,(H2,12,15)(H,13,16). The molecule has 0 aromatic carbocycles. The highest BCUT2D eigenvalue weighted by Gasteiger charge is 2.23. The molecule has 1 rings (SSSR count). The van der Waals surface area contributed by atoms with Crippen LogP contribution < -0.4 is 22.1 Å². The van der Waals surface area contributed by atoms with Gasteiger partial charge in [-0.2, -0.15) is 0 Å². The van der Waals surface area contributed by atoms with Crippen LogP contribution in [-0.2, 0) is 0 Å². The summed E-state index contributed by atoms with van der Waals surface area (Å²) in [4.78, 5) is 23.3. The number of hydrogen-bond acceptors (Lipinski definition) is 5. The van der Waals surface area contributed by atoms with Gasteiger partial charge in [0.25, 0.3) is 11.8 Å². The first-order valence-electron chi connectivity index (χ1n) is 5.27. The number of rotatable bonds is 5. The van der Waals surface area contributed by atoms with Gasteiger partial charge in [0.05, 0.1) is 11.3 Å². The predicted octanol–water partition coefficient (Wildman–Crippen LogP) is 0.611. The summed E-state index contributed by atoms with van der Waals surface area (Å²) in [6.45, 7) is 4.81.